The average molecular weight is 205 g/mol. The molecule has 0 spiro atoms. The van der Waals surface area contributed by atoms with Gasteiger partial charge in [-0.2, -0.15) is 0 Å². The minimum atomic E-state index is -4.16. The van der Waals surface area contributed by atoms with Crippen LogP contribution in [0.25, 0.3) is 0 Å². The maximum atomic E-state index is 8.05. The van der Waals surface area contributed by atoms with Crippen LogP contribution < -0.4 is 0 Å². The second-order valence-corrected chi connectivity index (χ2v) is 2.44. The van der Waals surface area contributed by atoms with Crippen LogP contribution in [0.2, 0.25) is 0 Å². The van der Waals surface area contributed by atoms with Gasteiger partial charge in [-0.15, -0.1) is 17.0 Å². The van der Waals surface area contributed by atoms with Crippen LogP contribution in [0.4, 0.5) is 0 Å². The summed E-state index contributed by atoms with van der Waals surface area (Å²) in [4.78, 5) is 24.1. The summed E-state index contributed by atoms with van der Waals surface area (Å²) in [7, 11) is -4.16. The van der Waals surface area contributed by atoms with Gasteiger partial charge in [0, 0.05) is 6.61 Å². The summed E-state index contributed by atoms with van der Waals surface area (Å²) in [6, 6.07) is 0. The molecule has 0 radical (unpaired) electrons. The largest absolute Gasteiger partial charge is 0.671 e. The molecule has 0 unspecified atom stereocenters. The van der Waals surface area contributed by atoms with Gasteiger partial charge >= 0.3 is 9.05 Å². The van der Waals surface area contributed by atoms with Crippen molar-refractivity contribution < 1.29 is 18.8 Å². The van der Waals surface area contributed by atoms with Gasteiger partial charge in [0.1, 0.15) is 0 Å². The number of halogens is 1. The Morgan fingerprint density at radius 3 is 1.75 bits per heavy atom. The highest BCUT2D eigenvalue weighted by atomic mass is 79.9. The molecule has 4 nitrogen and oxygen atoms in total. The fraction of sp³-hybridized carbons (Fsp3) is 1.00. The first kappa shape index (κ1) is 11.3. The molecule has 0 rings (SSSR count). The van der Waals surface area contributed by atoms with Gasteiger partial charge in [-0.3, -0.25) is 0 Å². The Balaban J connectivity index is 0. The highest BCUT2D eigenvalue weighted by Crippen LogP contribution is 1.85. The lowest BCUT2D eigenvalue weighted by molar-refractivity contribution is 0.0687. The summed E-state index contributed by atoms with van der Waals surface area (Å²) in [6.07, 6.45) is 0. The molecule has 0 aliphatic carbocycles. The molecule has 0 amide bonds. The Morgan fingerprint density at radius 2 is 1.75 bits per heavy atom. The van der Waals surface area contributed by atoms with Gasteiger partial charge < -0.3 is 18.8 Å². The minimum Gasteiger partial charge on any atom is -0.368 e. The molecule has 0 heterocycles. The normalized spacial score (nSPS) is 10.5. The average Bonchev–Trinajstić information content (AvgIpc) is 1.30. The van der Waals surface area contributed by atoms with Gasteiger partial charge in [0.2, 0.25) is 0 Å². The van der Waals surface area contributed by atoms with E-state index in [0.29, 0.717) is 0 Å². The maximum Gasteiger partial charge on any atom is 0.671 e. The topological polar surface area (TPSA) is 69.9 Å². The highest BCUT2D eigenvalue weighted by Gasteiger charge is 2.28. The summed E-state index contributed by atoms with van der Waals surface area (Å²) in [5.74, 6) is 0. The number of hydrogen-bond donors (Lipinski definition) is 3. The van der Waals surface area contributed by atoms with Crippen molar-refractivity contribution >= 4 is 26.0 Å². The molecule has 8 heavy (non-hydrogen) atoms. The van der Waals surface area contributed by atoms with Crippen molar-refractivity contribution in [2.45, 2.75) is 6.92 Å². The molecule has 52 valence electrons. The van der Waals surface area contributed by atoms with E-state index in [-0.39, 0.29) is 23.6 Å². The van der Waals surface area contributed by atoms with E-state index in [1.54, 1.807) is 6.92 Å². The van der Waals surface area contributed by atoms with Crippen LogP contribution in [0.1, 0.15) is 6.92 Å². The van der Waals surface area contributed by atoms with Gasteiger partial charge in [0.25, 0.3) is 0 Å². The molecule has 0 aromatic carbocycles. The van der Waals surface area contributed by atoms with Crippen LogP contribution >= 0.6 is 17.0 Å². The van der Waals surface area contributed by atoms with Gasteiger partial charge in [-0.05, 0) is 6.92 Å². The quantitative estimate of drug-likeness (QED) is 0.506. The van der Waals surface area contributed by atoms with Crippen molar-refractivity contribution in [2.24, 2.45) is 0 Å². The third-order valence-corrected chi connectivity index (χ3v) is 1.01. The summed E-state index contributed by atoms with van der Waals surface area (Å²) in [6.45, 7) is 1.68. The van der Waals surface area contributed by atoms with E-state index in [4.69, 9.17) is 14.4 Å². The molecule has 0 fully saturated rings. The molecule has 0 aromatic heterocycles. The Morgan fingerprint density at radius 1 is 1.38 bits per heavy atom. The summed E-state index contributed by atoms with van der Waals surface area (Å²) >= 11 is 0. The Labute approximate surface area is 59.0 Å². The highest BCUT2D eigenvalue weighted by molar-refractivity contribution is 8.93. The predicted octanol–water partition coefficient (Wildman–Crippen LogP) is -0.987. The van der Waals surface area contributed by atoms with Crippen molar-refractivity contribution in [1.29, 1.82) is 0 Å². The Bertz CT molecular complexity index is 52.5. The van der Waals surface area contributed by atoms with Crippen LogP contribution in [0, 0.1) is 0 Å². The standard InChI is InChI=1S/C2H8O4Si.BrH/c1-2-6-7(3,4)5;/h3-5H,2H2,1H3;1H. The Kier molecular flexibility index (Phi) is 6.27. The van der Waals surface area contributed by atoms with Gasteiger partial charge in [-0.25, -0.2) is 0 Å². The number of hydrogen-bond acceptors (Lipinski definition) is 4. The Hall–Kier alpha value is 0.537. The molecule has 0 aliphatic heterocycles. The lowest BCUT2D eigenvalue weighted by atomic mass is 10.9. The molecule has 0 saturated heterocycles. The number of rotatable bonds is 2. The first-order chi connectivity index (χ1) is 3.06. The van der Waals surface area contributed by atoms with Gasteiger partial charge in [0.15, 0.2) is 0 Å². The van der Waals surface area contributed by atoms with E-state index in [2.05, 4.69) is 4.43 Å². The molecule has 6 heteroatoms. The van der Waals surface area contributed by atoms with E-state index in [1.165, 1.54) is 0 Å². The van der Waals surface area contributed by atoms with Crippen molar-refractivity contribution in [3.05, 3.63) is 0 Å². The van der Waals surface area contributed by atoms with Crippen LogP contribution in [0.5, 0.6) is 0 Å². The van der Waals surface area contributed by atoms with E-state index < -0.39 is 9.05 Å². The van der Waals surface area contributed by atoms with Crippen LogP contribution in [-0.4, -0.2) is 30.0 Å². The van der Waals surface area contributed by atoms with Gasteiger partial charge in [-0.1, -0.05) is 0 Å². The zero-order valence-electron chi connectivity index (χ0n) is 4.37. The van der Waals surface area contributed by atoms with E-state index in [0.717, 1.165) is 0 Å². The van der Waals surface area contributed by atoms with Crippen molar-refractivity contribution in [1.82, 2.24) is 0 Å². The first-order valence-corrected chi connectivity index (χ1v) is 3.62. The molecule has 0 bridgehead atoms. The third kappa shape index (κ3) is 9.74. The maximum absolute atomic E-state index is 8.05. The van der Waals surface area contributed by atoms with Crippen molar-refractivity contribution in [3.63, 3.8) is 0 Å². The second kappa shape index (κ2) is 4.42. The molecule has 0 atom stereocenters. The monoisotopic (exact) mass is 204 g/mol. The summed E-state index contributed by atoms with van der Waals surface area (Å²) in [5, 5.41) is 0. The van der Waals surface area contributed by atoms with E-state index >= 15 is 0 Å². The minimum absolute atomic E-state index is 0. The SMILES string of the molecule is Br.CCO[Si](O)(O)O. The van der Waals surface area contributed by atoms with Crippen molar-refractivity contribution in [3.8, 4) is 0 Å². The third-order valence-electron chi connectivity index (χ3n) is 0.338. The smallest absolute Gasteiger partial charge is 0.368 e. The second-order valence-electron chi connectivity index (χ2n) is 1.01. The van der Waals surface area contributed by atoms with E-state index in [9.17, 15) is 0 Å². The lowest BCUT2D eigenvalue weighted by Gasteiger charge is -2.05. The lowest BCUT2D eigenvalue weighted by Crippen LogP contribution is -2.38. The fourth-order valence-corrected chi connectivity index (χ4v) is 0.581. The van der Waals surface area contributed by atoms with Crippen LogP contribution in [0.15, 0.2) is 0 Å². The zero-order valence-corrected chi connectivity index (χ0v) is 7.08. The fourth-order valence-electron chi connectivity index (χ4n) is 0.194. The summed E-state index contributed by atoms with van der Waals surface area (Å²) < 4.78 is 4.03. The molecular formula is C2H9BrO4Si. The molecular weight excluding hydrogens is 196 g/mol. The van der Waals surface area contributed by atoms with E-state index in [1.807, 2.05) is 0 Å². The first-order valence-electron chi connectivity index (χ1n) is 1.87. The molecule has 0 aromatic rings. The predicted molar refractivity (Wildman–Crippen MR) is 34.4 cm³/mol. The summed E-state index contributed by atoms with van der Waals surface area (Å²) in [5.41, 5.74) is 0. The van der Waals surface area contributed by atoms with Crippen molar-refractivity contribution in [2.75, 3.05) is 6.61 Å². The van der Waals surface area contributed by atoms with Crippen LogP contribution in [0.3, 0.4) is 0 Å². The molecule has 3 N–H and O–H groups in total. The molecule has 0 aliphatic rings. The zero-order chi connectivity index (χ0) is 5.91. The van der Waals surface area contributed by atoms with Crippen LogP contribution in [-0.2, 0) is 4.43 Å². The van der Waals surface area contributed by atoms with Gasteiger partial charge in [0.05, 0.1) is 0 Å². The molecule has 0 saturated carbocycles.